The first-order chi connectivity index (χ1) is 7.69. The Hall–Kier alpha value is -2.18. The van der Waals surface area contributed by atoms with E-state index in [-0.39, 0.29) is 6.54 Å². The molecule has 0 amide bonds. The highest BCUT2D eigenvalue weighted by Gasteiger charge is 2.05. The van der Waals surface area contributed by atoms with E-state index in [1.165, 1.54) is 16.8 Å². The Morgan fingerprint density at radius 3 is 2.75 bits per heavy atom. The predicted molar refractivity (Wildman–Crippen MR) is 54.1 cm³/mol. The highest BCUT2D eigenvalue weighted by Crippen LogP contribution is 2.00. The molecule has 0 spiro atoms. The van der Waals surface area contributed by atoms with Crippen LogP contribution in [0.25, 0.3) is 0 Å². The zero-order valence-corrected chi connectivity index (χ0v) is 8.64. The van der Waals surface area contributed by atoms with Crippen molar-refractivity contribution in [3.63, 3.8) is 0 Å². The average molecular weight is 222 g/mol. The zero-order valence-electron chi connectivity index (χ0n) is 8.64. The molecule has 0 fully saturated rings. The molecular weight excluding hydrogens is 212 g/mol. The van der Waals surface area contributed by atoms with Crippen molar-refractivity contribution in [1.82, 2.24) is 19.7 Å². The van der Waals surface area contributed by atoms with Crippen LogP contribution in [-0.4, -0.2) is 19.7 Å². The number of aromatic nitrogens is 4. The number of nitrogens with zero attached hydrogens (tertiary/aromatic N) is 3. The lowest BCUT2D eigenvalue weighted by Gasteiger charge is -1.98. The van der Waals surface area contributed by atoms with Gasteiger partial charge < -0.3 is 4.42 Å². The molecule has 0 aliphatic rings. The Labute approximate surface area is 89.8 Å². The molecule has 0 bridgehead atoms. The lowest BCUT2D eigenvalue weighted by molar-refractivity contribution is 0.438. The molecule has 0 saturated carbocycles. The summed E-state index contributed by atoms with van der Waals surface area (Å²) in [4.78, 5) is 24.3. The summed E-state index contributed by atoms with van der Waals surface area (Å²) in [7, 11) is 0. The lowest BCUT2D eigenvalue weighted by Crippen LogP contribution is -2.28. The van der Waals surface area contributed by atoms with Gasteiger partial charge in [0.2, 0.25) is 11.8 Å². The second kappa shape index (κ2) is 4.13. The second-order valence-corrected chi connectivity index (χ2v) is 3.18. The highest BCUT2D eigenvalue weighted by atomic mass is 16.4. The van der Waals surface area contributed by atoms with E-state index >= 15 is 0 Å². The van der Waals surface area contributed by atoms with Crippen molar-refractivity contribution in [3.8, 4) is 0 Å². The fourth-order valence-corrected chi connectivity index (χ4v) is 1.21. The largest absolute Gasteiger partial charge is 0.423 e. The summed E-state index contributed by atoms with van der Waals surface area (Å²) in [5, 5.41) is 7.55. The van der Waals surface area contributed by atoms with Crippen LogP contribution in [-0.2, 0) is 13.0 Å². The molecule has 0 unspecified atom stereocenters. The Morgan fingerprint density at radius 2 is 2.12 bits per heavy atom. The number of hydrogen-bond acceptors (Lipinski definition) is 5. The molecule has 2 rings (SSSR count). The highest BCUT2D eigenvalue weighted by molar-refractivity contribution is 4.88. The van der Waals surface area contributed by atoms with E-state index in [9.17, 15) is 9.59 Å². The van der Waals surface area contributed by atoms with E-state index in [0.717, 1.165) is 0 Å². The van der Waals surface area contributed by atoms with E-state index in [2.05, 4.69) is 15.2 Å². The van der Waals surface area contributed by atoms with E-state index in [1.54, 1.807) is 0 Å². The van der Waals surface area contributed by atoms with Crippen LogP contribution in [0.15, 0.2) is 26.3 Å². The number of rotatable bonds is 3. The van der Waals surface area contributed by atoms with E-state index < -0.39 is 11.2 Å². The van der Waals surface area contributed by atoms with Gasteiger partial charge in [-0.2, -0.15) is 0 Å². The minimum absolute atomic E-state index is 0.155. The van der Waals surface area contributed by atoms with Crippen LogP contribution in [0.1, 0.15) is 18.7 Å². The van der Waals surface area contributed by atoms with Gasteiger partial charge in [-0.25, -0.2) is 4.79 Å². The molecule has 7 nitrogen and oxygen atoms in total. The summed E-state index contributed by atoms with van der Waals surface area (Å²) in [6, 6.07) is 1.26. The molecule has 0 aliphatic carbocycles. The van der Waals surface area contributed by atoms with E-state index in [0.29, 0.717) is 18.2 Å². The SMILES string of the molecule is CCc1nnc(Cn2ccc(=O)[nH]c2=O)o1. The standard InChI is InChI=1S/C9H10N4O3/c1-2-7-11-12-8(16-7)5-13-4-3-6(14)10-9(13)15/h3-4H,2,5H2,1H3,(H,10,14,15). The average Bonchev–Trinajstić information content (AvgIpc) is 2.70. The third-order valence-corrected chi connectivity index (χ3v) is 2.01. The Balaban J connectivity index is 2.27. The van der Waals surface area contributed by atoms with Crippen LogP contribution in [0.4, 0.5) is 0 Å². The summed E-state index contributed by atoms with van der Waals surface area (Å²) in [6.45, 7) is 2.05. The molecule has 84 valence electrons. The van der Waals surface area contributed by atoms with Gasteiger partial charge in [0.1, 0.15) is 6.54 Å². The van der Waals surface area contributed by atoms with Crippen molar-refractivity contribution in [2.75, 3.05) is 0 Å². The smallest absolute Gasteiger partial charge is 0.328 e. The second-order valence-electron chi connectivity index (χ2n) is 3.18. The van der Waals surface area contributed by atoms with Gasteiger partial charge in [-0.1, -0.05) is 6.92 Å². The molecular formula is C9H10N4O3. The molecule has 2 heterocycles. The van der Waals surface area contributed by atoms with Crippen LogP contribution in [0.2, 0.25) is 0 Å². The van der Waals surface area contributed by atoms with Crippen LogP contribution < -0.4 is 11.2 Å². The lowest BCUT2D eigenvalue weighted by atomic mass is 10.5. The number of nitrogens with one attached hydrogen (secondary N) is 1. The first-order valence-electron chi connectivity index (χ1n) is 4.80. The summed E-state index contributed by atoms with van der Waals surface area (Å²) in [5.41, 5.74) is -0.926. The van der Waals surface area contributed by atoms with Crippen LogP contribution in [0.3, 0.4) is 0 Å². The van der Waals surface area contributed by atoms with Gasteiger partial charge in [0.15, 0.2) is 0 Å². The summed E-state index contributed by atoms with van der Waals surface area (Å²) in [5.74, 6) is 0.860. The number of aryl methyl sites for hydroxylation is 1. The fourth-order valence-electron chi connectivity index (χ4n) is 1.21. The molecule has 0 saturated heterocycles. The number of H-pyrrole nitrogens is 1. The van der Waals surface area contributed by atoms with Gasteiger partial charge in [0, 0.05) is 18.7 Å². The van der Waals surface area contributed by atoms with Crippen molar-refractivity contribution in [2.45, 2.75) is 19.9 Å². The van der Waals surface area contributed by atoms with Gasteiger partial charge in [0.05, 0.1) is 0 Å². The van der Waals surface area contributed by atoms with Crippen molar-refractivity contribution in [1.29, 1.82) is 0 Å². The molecule has 16 heavy (non-hydrogen) atoms. The quantitative estimate of drug-likeness (QED) is 0.757. The first kappa shape index (κ1) is 10.3. The topological polar surface area (TPSA) is 93.8 Å². The first-order valence-corrected chi connectivity index (χ1v) is 4.80. The Morgan fingerprint density at radius 1 is 1.38 bits per heavy atom. The maximum atomic E-state index is 11.3. The van der Waals surface area contributed by atoms with Crippen molar-refractivity contribution in [2.24, 2.45) is 0 Å². The van der Waals surface area contributed by atoms with Gasteiger partial charge in [0.25, 0.3) is 5.56 Å². The molecule has 1 N–H and O–H groups in total. The minimum atomic E-state index is -0.497. The molecule has 0 radical (unpaired) electrons. The van der Waals surface area contributed by atoms with E-state index in [4.69, 9.17) is 4.42 Å². The zero-order chi connectivity index (χ0) is 11.5. The minimum Gasteiger partial charge on any atom is -0.423 e. The predicted octanol–water partition coefficient (Wildman–Crippen LogP) is -0.470. The summed E-state index contributed by atoms with van der Waals surface area (Å²) >= 11 is 0. The van der Waals surface area contributed by atoms with Crippen LogP contribution in [0.5, 0.6) is 0 Å². The molecule has 2 aromatic rings. The Kier molecular flexibility index (Phi) is 2.67. The van der Waals surface area contributed by atoms with E-state index in [1.807, 2.05) is 6.92 Å². The fraction of sp³-hybridized carbons (Fsp3) is 0.333. The molecule has 0 aromatic carbocycles. The van der Waals surface area contributed by atoms with Crippen molar-refractivity contribution in [3.05, 3.63) is 44.9 Å². The molecule has 0 aliphatic heterocycles. The molecule has 7 heteroatoms. The van der Waals surface area contributed by atoms with Crippen molar-refractivity contribution >= 4 is 0 Å². The normalized spacial score (nSPS) is 10.6. The van der Waals surface area contributed by atoms with Gasteiger partial charge in [-0.15, -0.1) is 10.2 Å². The Bertz CT molecular complexity index is 595. The van der Waals surface area contributed by atoms with Gasteiger partial charge in [-0.3, -0.25) is 14.3 Å². The van der Waals surface area contributed by atoms with Crippen molar-refractivity contribution < 1.29 is 4.42 Å². The number of aromatic amines is 1. The van der Waals surface area contributed by atoms with Gasteiger partial charge in [-0.05, 0) is 0 Å². The third-order valence-electron chi connectivity index (χ3n) is 2.01. The number of hydrogen-bond donors (Lipinski definition) is 1. The molecule has 2 aromatic heterocycles. The third kappa shape index (κ3) is 2.08. The van der Waals surface area contributed by atoms with Gasteiger partial charge >= 0.3 is 5.69 Å². The maximum absolute atomic E-state index is 11.3. The monoisotopic (exact) mass is 222 g/mol. The molecule has 0 atom stereocenters. The van der Waals surface area contributed by atoms with Crippen LogP contribution >= 0.6 is 0 Å². The maximum Gasteiger partial charge on any atom is 0.328 e. The summed E-state index contributed by atoms with van der Waals surface area (Å²) in [6.07, 6.45) is 2.03. The van der Waals surface area contributed by atoms with Crippen LogP contribution in [0, 0.1) is 0 Å². The summed E-state index contributed by atoms with van der Waals surface area (Å²) < 4.78 is 6.53.